The minimum Gasteiger partial charge on any atom is -0.493 e. The van der Waals surface area contributed by atoms with Crippen molar-refractivity contribution in [2.45, 2.75) is 38.5 Å². The fourth-order valence-electron chi connectivity index (χ4n) is 1.92. The lowest BCUT2D eigenvalue weighted by Crippen LogP contribution is -2.33. The highest BCUT2D eigenvalue weighted by atomic mass is 16.5. The van der Waals surface area contributed by atoms with Crippen LogP contribution in [0.15, 0.2) is 18.2 Å². The molecule has 5 heteroatoms. The summed E-state index contributed by atoms with van der Waals surface area (Å²) < 4.78 is 11.0. The lowest BCUT2D eigenvalue weighted by molar-refractivity contribution is -0.126. The monoisotopic (exact) mass is 278 g/mol. The zero-order valence-electron chi connectivity index (χ0n) is 12.2. The van der Waals surface area contributed by atoms with Gasteiger partial charge in [0.25, 0.3) is 5.91 Å². The molecule has 0 heterocycles. The zero-order valence-corrected chi connectivity index (χ0v) is 12.2. The Morgan fingerprint density at radius 1 is 1.40 bits per heavy atom. The van der Waals surface area contributed by atoms with Gasteiger partial charge in [0.1, 0.15) is 0 Å². The van der Waals surface area contributed by atoms with E-state index in [1.165, 1.54) is 12.8 Å². The van der Waals surface area contributed by atoms with E-state index < -0.39 is 6.10 Å². The molecular formula is C15H22N2O3. The third-order valence-corrected chi connectivity index (χ3v) is 3.32. The molecule has 0 aromatic heterocycles. The Balaban J connectivity index is 2.02. The molecule has 2 N–H and O–H groups in total. The van der Waals surface area contributed by atoms with E-state index in [9.17, 15) is 4.79 Å². The second-order valence-corrected chi connectivity index (χ2v) is 5.01. The summed E-state index contributed by atoms with van der Waals surface area (Å²) in [4.78, 5) is 11.5. The lowest BCUT2D eigenvalue weighted by Gasteiger charge is -2.16. The molecule has 1 atom stereocenters. The third-order valence-electron chi connectivity index (χ3n) is 3.32. The number of carbonyl (C=O) groups is 1. The number of rotatable bonds is 7. The van der Waals surface area contributed by atoms with Crippen molar-refractivity contribution in [3.8, 4) is 11.5 Å². The number of benzene rings is 1. The molecule has 0 aliphatic heterocycles. The van der Waals surface area contributed by atoms with Crippen molar-refractivity contribution < 1.29 is 14.3 Å². The summed E-state index contributed by atoms with van der Waals surface area (Å²) in [5, 5.41) is 6.01. The van der Waals surface area contributed by atoms with Gasteiger partial charge in [0, 0.05) is 19.6 Å². The fraction of sp³-hybridized carbons (Fsp3) is 0.533. The van der Waals surface area contributed by atoms with Crippen LogP contribution >= 0.6 is 0 Å². The summed E-state index contributed by atoms with van der Waals surface area (Å²) in [5.41, 5.74) is 1.15. The van der Waals surface area contributed by atoms with Crippen LogP contribution in [0, 0.1) is 0 Å². The van der Waals surface area contributed by atoms with Gasteiger partial charge in [-0.1, -0.05) is 6.07 Å². The smallest absolute Gasteiger partial charge is 0.260 e. The highest BCUT2D eigenvalue weighted by Crippen LogP contribution is 2.29. The number of likely N-dealkylation sites (N-methyl/N-ethyl adjacent to an activating group) is 1. The van der Waals surface area contributed by atoms with E-state index in [4.69, 9.17) is 9.47 Å². The maximum absolute atomic E-state index is 11.5. The van der Waals surface area contributed by atoms with Crippen molar-refractivity contribution in [1.29, 1.82) is 0 Å². The molecule has 0 radical (unpaired) electrons. The predicted octanol–water partition coefficient (Wildman–Crippen LogP) is 1.46. The molecule has 1 aromatic carbocycles. The standard InChI is InChI=1S/C15H22N2O3/c1-10(15(18)16-2)20-13-7-4-11(8-14(13)19-3)9-17-12-5-6-12/h4,7-8,10,12,17H,5-6,9H2,1-3H3,(H,16,18). The van der Waals surface area contributed by atoms with Gasteiger partial charge in [-0.3, -0.25) is 4.79 Å². The van der Waals surface area contributed by atoms with E-state index in [2.05, 4.69) is 10.6 Å². The molecule has 0 saturated heterocycles. The molecule has 20 heavy (non-hydrogen) atoms. The van der Waals surface area contributed by atoms with E-state index in [1.807, 2.05) is 18.2 Å². The van der Waals surface area contributed by atoms with E-state index in [0.29, 0.717) is 17.5 Å². The van der Waals surface area contributed by atoms with Gasteiger partial charge in [-0.2, -0.15) is 0 Å². The van der Waals surface area contributed by atoms with E-state index in [-0.39, 0.29) is 5.91 Å². The number of hydrogen-bond donors (Lipinski definition) is 2. The van der Waals surface area contributed by atoms with Crippen LogP contribution < -0.4 is 20.1 Å². The van der Waals surface area contributed by atoms with Crippen molar-refractivity contribution in [2.75, 3.05) is 14.2 Å². The number of ether oxygens (including phenoxy) is 2. The Bertz CT molecular complexity index is 472. The average Bonchev–Trinajstić information content (AvgIpc) is 3.29. The molecule has 110 valence electrons. The number of hydrogen-bond acceptors (Lipinski definition) is 4. The molecule has 1 aromatic rings. The molecule has 1 aliphatic carbocycles. The molecule has 1 amide bonds. The first kappa shape index (κ1) is 14.7. The molecule has 1 fully saturated rings. The van der Waals surface area contributed by atoms with Crippen LogP contribution in [-0.2, 0) is 11.3 Å². The predicted molar refractivity (Wildman–Crippen MR) is 77.0 cm³/mol. The van der Waals surface area contributed by atoms with Crippen molar-refractivity contribution >= 4 is 5.91 Å². The average molecular weight is 278 g/mol. The second-order valence-electron chi connectivity index (χ2n) is 5.01. The number of carbonyl (C=O) groups excluding carboxylic acids is 1. The second kappa shape index (κ2) is 6.61. The van der Waals surface area contributed by atoms with Gasteiger partial charge in [0.05, 0.1) is 7.11 Å². The van der Waals surface area contributed by atoms with Crippen LogP contribution in [0.3, 0.4) is 0 Å². The van der Waals surface area contributed by atoms with Crippen LogP contribution in [-0.4, -0.2) is 32.2 Å². The van der Waals surface area contributed by atoms with Crippen molar-refractivity contribution in [1.82, 2.24) is 10.6 Å². The Labute approximate surface area is 119 Å². The highest BCUT2D eigenvalue weighted by molar-refractivity contribution is 5.80. The van der Waals surface area contributed by atoms with Crippen LogP contribution in [0.4, 0.5) is 0 Å². The quantitative estimate of drug-likeness (QED) is 0.793. The molecule has 1 saturated carbocycles. The van der Waals surface area contributed by atoms with Crippen LogP contribution in [0.25, 0.3) is 0 Å². The molecule has 1 unspecified atom stereocenters. The SMILES string of the molecule is CNC(=O)C(C)Oc1ccc(CNC2CC2)cc1OC. The summed E-state index contributed by atoms with van der Waals surface area (Å²) in [7, 11) is 3.19. The topological polar surface area (TPSA) is 59.6 Å². The highest BCUT2D eigenvalue weighted by Gasteiger charge is 2.20. The maximum atomic E-state index is 11.5. The molecule has 0 spiro atoms. The van der Waals surface area contributed by atoms with Gasteiger partial charge in [0.2, 0.25) is 0 Å². The minimum absolute atomic E-state index is 0.161. The van der Waals surface area contributed by atoms with Crippen molar-refractivity contribution in [3.63, 3.8) is 0 Å². The first-order valence-corrected chi connectivity index (χ1v) is 6.92. The molecule has 2 rings (SSSR count). The summed E-state index contributed by atoms with van der Waals surface area (Å²) in [5.74, 6) is 1.07. The lowest BCUT2D eigenvalue weighted by atomic mass is 10.2. The van der Waals surface area contributed by atoms with Gasteiger partial charge in [-0.05, 0) is 37.5 Å². The zero-order chi connectivity index (χ0) is 14.5. The van der Waals surface area contributed by atoms with Gasteiger partial charge >= 0.3 is 0 Å². The van der Waals surface area contributed by atoms with Crippen LogP contribution in [0.1, 0.15) is 25.3 Å². The Morgan fingerprint density at radius 2 is 2.15 bits per heavy atom. The first-order valence-electron chi connectivity index (χ1n) is 6.92. The fourth-order valence-corrected chi connectivity index (χ4v) is 1.92. The molecule has 1 aliphatic rings. The Hall–Kier alpha value is -1.75. The molecule has 0 bridgehead atoms. The van der Waals surface area contributed by atoms with Crippen LogP contribution in [0.5, 0.6) is 11.5 Å². The van der Waals surface area contributed by atoms with Crippen molar-refractivity contribution in [3.05, 3.63) is 23.8 Å². The van der Waals surface area contributed by atoms with Gasteiger partial charge in [-0.15, -0.1) is 0 Å². The largest absolute Gasteiger partial charge is 0.493 e. The number of amides is 1. The maximum Gasteiger partial charge on any atom is 0.260 e. The number of methoxy groups -OCH3 is 1. The molecule has 5 nitrogen and oxygen atoms in total. The summed E-state index contributed by atoms with van der Waals surface area (Å²) >= 11 is 0. The van der Waals surface area contributed by atoms with E-state index in [1.54, 1.807) is 21.1 Å². The third kappa shape index (κ3) is 3.87. The van der Waals surface area contributed by atoms with Gasteiger partial charge in [-0.25, -0.2) is 0 Å². The van der Waals surface area contributed by atoms with E-state index in [0.717, 1.165) is 12.1 Å². The minimum atomic E-state index is -0.552. The summed E-state index contributed by atoms with van der Waals surface area (Å²) in [6.45, 7) is 2.53. The first-order chi connectivity index (χ1) is 9.63. The van der Waals surface area contributed by atoms with Crippen molar-refractivity contribution in [2.24, 2.45) is 0 Å². The van der Waals surface area contributed by atoms with Gasteiger partial charge < -0.3 is 20.1 Å². The van der Waals surface area contributed by atoms with Gasteiger partial charge in [0.15, 0.2) is 17.6 Å². The normalized spacial score (nSPS) is 15.6. The van der Waals surface area contributed by atoms with E-state index >= 15 is 0 Å². The molecular weight excluding hydrogens is 256 g/mol. The Kier molecular flexibility index (Phi) is 4.84. The number of nitrogens with one attached hydrogen (secondary N) is 2. The van der Waals surface area contributed by atoms with Crippen LogP contribution in [0.2, 0.25) is 0 Å². The summed E-state index contributed by atoms with van der Waals surface area (Å²) in [6, 6.07) is 6.46. The Morgan fingerprint density at radius 3 is 2.75 bits per heavy atom. The summed E-state index contributed by atoms with van der Waals surface area (Å²) in [6.07, 6.45) is 1.98.